The molecule has 1 aliphatic rings. The molecule has 1 saturated carbocycles. The van der Waals surface area contributed by atoms with Crippen LogP contribution in [0.15, 0.2) is 16.9 Å². The van der Waals surface area contributed by atoms with E-state index in [-0.39, 0.29) is 11.9 Å². The summed E-state index contributed by atoms with van der Waals surface area (Å²) in [6.45, 7) is 3.81. The molecule has 2 aromatic heterocycles. The summed E-state index contributed by atoms with van der Waals surface area (Å²) in [5, 5.41) is 11.2. The number of nitrogens with zero attached hydrogens (tertiary/aromatic N) is 4. The van der Waals surface area contributed by atoms with Gasteiger partial charge < -0.3 is 9.73 Å². The Morgan fingerprint density at radius 3 is 2.91 bits per heavy atom. The Bertz CT molecular complexity index is 685. The summed E-state index contributed by atoms with van der Waals surface area (Å²) in [4.78, 5) is 20.3. The molecule has 0 saturated heterocycles. The van der Waals surface area contributed by atoms with Crippen LogP contribution in [0.1, 0.15) is 54.0 Å². The van der Waals surface area contributed by atoms with Crippen molar-refractivity contribution in [3.8, 4) is 0 Å². The van der Waals surface area contributed by atoms with E-state index in [1.54, 1.807) is 6.20 Å². The van der Waals surface area contributed by atoms with Gasteiger partial charge in [0.1, 0.15) is 6.33 Å². The number of hydrogen-bond acceptors (Lipinski definition) is 6. The van der Waals surface area contributed by atoms with Crippen molar-refractivity contribution in [3.05, 3.63) is 35.6 Å². The van der Waals surface area contributed by atoms with Crippen molar-refractivity contribution in [3.63, 3.8) is 0 Å². The summed E-state index contributed by atoms with van der Waals surface area (Å²) in [7, 11) is 0. The van der Waals surface area contributed by atoms with Crippen LogP contribution in [0.25, 0.3) is 0 Å². The highest BCUT2D eigenvalue weighted by Crippen LogP contribution is 2.28. The predicted molar refractivity (Wildman–Crippen MR) is 82.7 cm³/mol. The van der Waals surface area contributed by atoms with Crippen molar-refractivity contribution >= 4 is 5.91 Å². The number of hydrogen-bond donors (Lipinski definition) is 1. The van der Waals surface area contributed by atoms with E-state index < -0.39 is 0 Å². The number of carbonyl (C=O) groups excluding carboxylic acids is 1. The van der Waals surface area contributed by atoms with Gasteiger partial charge in [0, 0.05) is 25.1 Å². The summed E-state index contributed by atoms with van der Waals surface area (Å²) in [5.41, 5.74) is 1.24. The van der Waals surface area contributed by atoms with Crippen LogP contribution in [0.2, 0.25) is 0 Å². The summed E-state index contributed by atoms with van der Waals surface area (Å²) < 4.78 is 5.57. The summed E-state index contributed by atoms with van der Waals surface area (Å²) in [6, 6.07) is 0.181. The van der Waals surface area contributed by atoms with E-state index in [2.05, 4.69) is 25.5 Å². The zero-order valence-electron chi connectivity index (χ0n) is 13.5. The van der Waals surface area contributed by atoms with Crippen LogP contribution in [-0.4, -0.2) is 32.1 Å². The zero-order chi connectivity index (χ0) is 16.2. The molecule has 0 unspecified atom stereocenters. The third kappa shape index (κ3) is 3.72. The molecular weight excluding hydrogens is 294 g/mol. The molecular formula is C16H21N5O2. The van der Waals surface area contributed by atoms with Gasteiger partial charge in [-0.05, 0) is 32.1 Å². The zero-order valence-corrected chi connectivity index (χ0v) is 13.5. The first-order chi connectivity index (χ1) is 11.2. The van der Waals surface area contributed by atoms with Crippen molar-refractivity contribution in [1.82, 2.24) is 25.5 Å². The maximum absolute atomic E-state index is 12.3. The highest BCUT2D eigenvalue weighted by atomic mass is 16.4. The fourth-order valence-corrected chi connectivity index (χ4v) is 3.03. The van der Waals surface area contributed by atoms with Gasteiger partial charge >= 0.3 is 0 Å². The highest BCUT2D eigenvalue weighted by molar-refractivity contribution is 5.95. The van der Waals surface area contributed by atoms with Crippen LogP contribution in [0, 0.1) is 12.8 Å². The van der Waals surface area contributed by atoms with Gasteiger partial charge in [-0.15, -0.1) is 10.2 Å². The average molecular weight is 315 g/mol. The molecule has 0 bridgehead atoms. The molecule has 7 nitrogen and oxygen atoms in total. The van der Waals surface area contributed by atoms with Gasteiger partial charge in [0.05, 0.1) is 11.3 Å². The largest absolute Gasteiger partial charge is 0.425 e. The number of amides is 1. The monoisotopic (exact) mass is 315 g/mol. The maximum atomic E-state index is 12.3. The smallest absolute Gasteiger partial charge is 0.254 e. The Hall–Kier alpha value is -2.31. The molecule has 3 rings (SSSR count). The van der Waals surface area contributed by atoms with Gasteiger partial charge in [0.2, 0.25) is 11.8 Å². The summed E-state index contributed by atoms with van der Waals surface area (Å²) in [5.74, 6) is 1.76. The van der Waals surface area contributed by atoms with E-state index in [9.17, 15) is 4.79 Å². The van der Waals surface area contributed by atoms with E-state index >= 15 is 0 Å². The first kappa shape index (κ1) is 15.6. The van der Waals surface area contributed by atoms with Crippen molar-refractivity contribution < 1.29 is 9.21 Å². The molecule has 7 heteroatoms. The predicted octanol–water partition coefficient (Wildman–Crippen LogP) is 1.87. The lowest BCUT2D eigenvalue weighted by atomic mass is 10.0. The van der Waals surface area contributed by atoms with Gasteiger partial charge in [-0.25, -0.2) is 9.97 Å². The van der Waals surface area contributed by atoms with Gasteiger partial charge in [-0.2, -0.15) is 0 Å². The Balaban J connectivity index is 1.53. The molecule has 2 aromatic rings. The fraction of sp³-hybridized carbons (Fsp3) is 0.562. The van der Waals surface area contributed by atoms with Gasteiger partial charge in [-0.1, -0.05) is 6.92 Å². The van der Waals surface area contributed by atoms with Crippen LogP contribution in [-0.2, 0) is 12.8 Å². The van der Waals surface area contributed by atoms with Gasteiger partial charge in [0.15, 0.2) is 0 Å². The Morgan fingerprint density at radius 1 is 1.35 bits per heavy atom. The van der Waals surface area contributed by atoms with E-state index in [1.165, 1.54) is 6.33 Å². The lowest BCUT2D eigenvalue weighted by molar-refractivity contribution is 0.0935. The van der Waals surface area contributed by atoms with Crippen LogP contribution in [0.5, 0.6) is 0 Å². The van der Waals surface area contributed by atoms with Crippen molar-refractivity contribution in [2.75, 3.05) is 0 Å². The topological polar surface area (TPSA) is 93.8 Å². The number of aryl methyl sites for hydroxylation is 2. The first-order valence-corrected chi connectivity index (χ1v) is 8.04. The van der Waals surface area contributed by atoms with Crippen LogP contribution < -0.4 is 5.32 Å². The molecule has 0 radical (unpaired) electrons. The second kappa shape index (κ2) is 6.85. The van der Waals surface area contributed by atoms with E-state index in [0.29, 0.717) is 29.0 Å². The second-order valence-electron chi connectivity index (χ2n) is 6.02. The lowest BCUT2D eigenvalue weighted by Crippen LogP contribution is -2.33. The molecule has 122 valence electrons. The summed E-state index contributed by atoms with van der Waals surface area (Å²) in [6.07, 6.45) is 7.52. The van der Waals surface area contributed by atoms with Gasteiger partial charge in [0.25, 0.3) is 5.91 Å². The molecule has 0 spiro atoms. The number of rotatable bonds is 5. The second-order valence-corrected chi connectivity index (χ2v) is 6.02. The molecule has 0 aliphatic heterocycles. The molecule has 1 fully saturated rings. The molecule has 23 heavy (non-hydrogen) atoms. The van der Waals surface area contributed by atoms with E-state index in [4.69, 9.17) is 4.42 Å². The van der Waals surface area contributed by atoms with Crippen LogP contribution in [0.4, 0.5) is 0 Å². The van der Waals surface area contributed by atoms with E-state index in [1.807, 2.05) is 13.8 Å². The minimum Gasteiger partial charge on any atom is -0.425 e. The third-order valence-electron chi connectivity index (χ3n) is 4.31. The van der Waals surface area contributed by atoms with Crippen molar-refractivity contribution in [2.45, 2.75) is 52.0 Å². The molecule has 0 aromatic carbocycles. The standard InChI is InChI=1S/C16H21N5O2/c1-3-14-20-21-15(23-14)7-11-4-5-12(6-11)19-16(22)13-8-17-9-18-10(13)2/h8-9,11-12H,3-7H2,1-2H3,(H,19,22)/t11-,12+/m1/s1. The highest BCUT2D eigenvalue weighted by Gasteiger charge is 2.28. The third-order valence-corrected chi connectivity index (χ3v) is 4.31. The molecule has 1 amide bonds. The average Bonchev–Trinajstić information content (AvgIpc) is 3.17. The summed E-state index contributed by atoms with van der Waals surface area (Å²) >= 11 is 0. The Morgan fingerprint density at radius 2 is 2.17 bits per heavy atom. The molecule has 2 atom stereocenters. The Labute approximate surface area is 134 Å². The van der Waals surface area contributed by atoms with Crippen molar-refractivity contribution in [2.24, 2.45) is 5.92 Å². The van der Waals surface area contributed by atoms with Gasteiger partial charge in [-0.3, -0.25) is 4.79 Å². The minimum absolute atomic E-state index is 0.0974. The quantitative estimate of drug-likeness (QED) is 0.905. The van der Waals surface area contributed by atoms with Crippen molar-refractivity contribution in [1.29, 1.82) is 0 Å². The molecule has 2 heterocycles. The number of carbonyl (C=O) groups is 1. The fourth-order valence-electron chi connectivity index (χ4n) is 3.03. The molecule has 1 N–H and O–H groups in total. The minimum atomic E-state index is -0.0974. The SMILES string of the molecule is CCc1nnc(C[C@@H]2CC[C@H](NC(=O)c3cncnc3C)C2)o1. The normalized spacial score (nSPS) is 20.6. The maximum Gasteiger partial charge on any atom is 0.254 e. The first-order valence-electron chi connectivity index (χ1n) is 8.04. The Kier molecular flexibility index (Phi) is 4.64. The van der Waals surface area contributed by atoms with Crippen LogP contribution in [0.3, 0.4) is 0 Å². The molecule has 1 aliphatic carbocycles. The number of aromatic nitrogens is 4. The number of nitrogens with one attached hydrogen (secondary N) is 1. The van der Waals surface area contributed by atoms with E-state index in [0.717, 1.165) is 32.1 Å². The lowest BCUT2D eigenvalue weighted by Gasteiger charge is -2.13. The van der Waals surface area contributed by atoms with Crippen LogP contribution >= 0.6 is 0 Å².